The molecule has 1 aliphatic rings. The molecule has 0 amide bonds. The van der Waals surface area contributed by atoms with Crippen molar-refractivity contribution in [2.75, 3.05) is 11.5 Å². The van der Waals surface area contributed by atoms with Crippen LogP contribution < -0.4 is 0 Å². The van der Waals surface area contributed by atoms with E-state index in [1.807, 2.05) is 0 Å². The first-order valence-electron chi connectivity index (χ1n) is 4.66. The second kappa shape index (κ2) is 16.4. The summed E-state index contributed by atoms with van der Waals surface area (Å²) in [6, 6.07) is 0. The smallest absolute Gasteiger partial charge is 0.358 e. The Morgan fingerprint density at radius 1 is 0.938 bits per heavy atom. The molecule has 1 N–H and O–H groups in total. The topological polar surface area (TPSA) is 38.5 Å². The van der Waals surface area contributed by atoms with Gasteiger partial charge in [-0.3, -0.25) is 0 Å². The summed E-state index contributed by atoms with van der Waals surface area (Å²) in [5, 5.41) is 0. The first-order chi connectivity index (χ1) is 5.44. The van der Waals surface area contributed by atoms with E-state index in [1.54, 1.807) is 0 Å². The summed E-state index contributed by atoms with van der Waals surface area (Å²) >= 11 is -0.139. The maximum Gasteiger partial charge on any atom is 3.00 e. The molecule has 5 heteroatoms. The summed E-state index contributed by atoms with van der Waals surface area (Å²) in [6.45, 7) is 0. The standard InChI is InChI=1S/C5H10O2S.6CH3.Al.Zr/c6-8(7)4-2-1-3-5-8;;;;;;;;/h1-5H2;6*1H3;;/q;;;;3*-1;;+3/p+1. The van der Waals surface area contributed by atoms with Gasteiger partial charge in [0.05, 0.1) is 11.5 Å². The van der Waals surface area contributed by atoms with Crippen LogP contribution in [0.4, 0.5) is 0 Å². The number of rotatable bonds is 0. The van der Waals surface area contributed by atoms with Crippen LogP contribution in [0, 0.1) is 22.3 Å². The normalized spacial score (nSPS) is 15.4. The second-order valence-corrected chi connectivity index (χ2v) is 9.80. The van der Waals surface area contributed by atoms with E-state index in [0.29, 0.717) is 11.5 Å². The third kappa shape index (κ3) is 24.5. The molecule has 1 fully saturated rings. The van der Waals surface area contributed by atoms with Crippen LogP contribution in [0.5, 0.6) is 0 Å². The van der Waals surface area contributed by atoms with Crippen LogP contribution in [-0.2, 0) is 36.0 Å². The van der Waals surface area contributed by atoms with E-state index < -0.39 is 9.84 Å². The largest absolute Gasteiger partial charge is 3.00 e. The van der Waals surface area contributed by atoms with Gasteiger partial charge in [-0.1, -0.05) is 6.42 Å². The van der Waals surface area contributed by atoms with Crippen LogP contribution in [0.1, 0.15) is 19.3 Å². The van der Waals surface area contributed by atoms with Gasteiger partial charge in [0.25, 0.3) is 24.0 Å². The molecule has 0 spiro atoms. The van der Waals surface area contributed by atoms with E-state index in [2.05, 4.69) is 17.4 Å². The maximum absolute atomic E-state index is 10.8. The van der Waals surface area contributed by atoms with Gasteiger partial charge in [0.15, 0.2) is 0 Å². The van der Waals surface area contributed by atoms with Crippen LogP contribution in [0.3, 0.4) is 0 Å². The van der Waals surface area contributed by atoms with E-state index in [1.165, 1.54) is 0 Å². The minimum absolute atomic E-state index is 0. The van der Waals surface area contributed by atoms with E-state index in [0.717, 1.165) is 19.3 Å². The molecule has 1 radical (unpaired) electrons. The minimum atomic E-state index is -2.33. The number of hydrogen-bond acceptors (Lipinski definition) is 1. The minimum Gasteiger partial charge on any atom is -0.358 e. The fourth-order valence-corrected chi connectivity index (χ4v) is 2.45. The molecule has 97 valence electrons. The fraction of sp³-hybridized carbons (Fsp3) is 0.727. The predicted octanol–water partition coefficient (Wildman–Crippen LogP) is 3.46. The summed E-state index contributed by atoms with van der Waals surface area (Å²) in [7, 11) is -2.33. The van der Waals surface area contributed by atoms with Crippen molar-refractivity contribution in [3.8, 4) is 0 Å². The third-order valence-electron chi connectivity index (χ3n) is 1.43. The molecule has 0 saturated carbocycles. The summed E-state index contributed by atoms with van der Waals surface area (Å²) in [4.78, 5) is 0. The van der Waals surface area contributed by atoms with Gasteiger partial charge < -0.3 is 22.3 Å². The quantitative estimate of drug-likeness (QED) is 0.377. The predicted molar refractivity (Wildman–Crippen MR) is 76.3 cm³/mol. The molecule has 0 aromatic rings. The zero-order valence-corrected chi connectivity index (χ0v) is 16.3. The average molecular weight is 344 g/mol. The molecular formula is C11H29AlO2SZr+. The van der Waals surface area contributed by atoms with Crippen molar-refractivity contribution < 1.29 is 34.6 Å². The van der Waals surface area contributed by atoms with Crippen LogP contribution in [0.2, 0.25) is 17.4 Å². The molecule has 0 atom stereocenters. The Kier molecular flexibility index (Phi) is 31.1. The van der Waals surface area contributed by atoms with Gasteiger partial charge in [-0.05, 0) is 12.8 Å². The Hall–Kier alpha value is 1.37. The molecular weight excluding hydrogens is 314 g/mol. The molecule has 0 aliphatic carbocycles. The van der Waals surface area contributed by atoms with E-state index >= 15 is 0 Å². The first-order valence-corrected chi connectivity index (χ1v) is 9.98. The summed E-state index contributed by atoms with van der Waals surface area (Å²) in [6.07, 6.45) is 3.02. The Balaban J connectivity index is -0.0000000458. The van der Waals surface area contributed by atoms with Crippen LogP contribution >= 0.6 is 0 Å². The molecule has 2 nitrogen and oxygen atoms in total. The van der Waals surface area contributed by atoms with E-state index in [4.69, 9.17) is 4.21 Å². The van der Waals surface area contributed by atoms with Crippen molar-refractivity contribution in [2.24, 2.45) is 0 Å². The Morgan fingerprint density at radius 2 is 1.19 bits per heavy atom. The van der Waals surface area contributed by atoms with Crippen LogP contribution in [0.25, 0.3) is 0 Å². The van der Waals surface area contributed by atoms with Crippen LogP contribution in [0.15, 0.2) is 0 Å². The van der Waals surface area contributed by atoms with Gasteiger partial charge in [-0.2, -0.15) is 4.21 Å². The third-order valence-corrected chi connectivity index (χ3v) is 3.28. The van der Waals surface area contributed by atoms with Gasteiger partial charge in [-0.15, -0.1) is 17.4 Å². The number of hydrogen-bond donors (Lipinski definition) is 0. The van der Waals surface area contributed by atoms with Crippen LogP contribution in [-0.4, -0.2) is 34.1 Å². The van der Waals surface area contributed by atoms with Crippen molar-refractivity contribution in [1.82, 2.24) is 0 Å². The Morgan fingerprint density at radius 3 is 1.31 bits per heavy atom. The van der Waals surface area contributed by atoms with Crippen molar-refractivity contribution in [2.45, 2.75) is 36.6 Å². The molecule has 0 unspecified atom stereocenters. The molecule has 1 rings (SSSR count). The monoisotopic (exact) mass is 342 g/mol. The molecule has 1 heterocycles. The SMILES string of the molecule is O=S1(=[OH+])CCCCC1.[CH3-].[CH3-].[CH3-].[CH3][Al]([CH3])[CH3].[Zr+3]. The van der Waals surface area contributed by atoms with Gasteiger partial charge in [0.1, 0.15) is 0 Å². The van der Waals surface area contributed by atoms with Crippen molar-refractivity contribution >= 4 is 24.0 Å². The molecule has 1 aliphatic heterocycles. The molecule has 0 bridgehead atoms. The van der Waals surface area contributed by atoms with Gasteiger partial charge in [-0.25, -0.2) is 4.21 Å². The van der Waals surface area contributed by atoms with E-state index in [9.17, 15) is 4.21 Å². The summed E-state index contributed by atoms with van der Waals surface area (Å²) < 4.78 is 19.7. The van der Waals surface area contributed by atoms with E-state index in [-0.39, 0.29) is 62.6 Å². The first kappa shape index (κ1) is 30.4. The van der Waals surface area contributed by atoms with Crippen molar-refractivity contribution in [1.29, 1.82) is 0 Å². The Bertz CT molecular complexity index is 189. The molecule has 16 heavy (non-hydrogen) atoms. The average Bonchev–Trinajstić information content (AvgIpc) is 1.85. The second-order valence-electron chi connectivity index (χ2n) is 3.97. The van der Waals surface area contributed by atoms with Gasteiger partial charge >= 0.3 is 26.2 Å². The Labute approximate surface area is 128 Å². The van der Waals surface area contributed by atoms with Crippen molar-refractivity contribution in [3.63, 3.8) is 0 Å². The molecule has 1 saturated heterocycles. The fourth-order valence-electron chi connectivity index (χ4n) is 0.934. The summed E-state index contributed by atoms with van der Waals surface area (Å²) in [5.41, 5.74) is 0. The van der Waals surface area contributed by atoms with Crippen molar-refractivity contribution in [3.05, 3.63) is 22.3 Å². The molecule has 0 aromatic heterocycles. The van der Waals surface area contributed by atoms with Gasteiger partial charge in [0.2, 0.25) is 0 Å². The maximum atomic E-state index is 10.8. The molecule has 0 aromatic carbocycles. The van der Waals surface area contributed by atoms with Gasteiger partial charge in [0, 0.05) is 0 Å². The zero-order valence-electron chi connectivity index (χ0n) is 11.9. The summed E-state index contributed by atoms with van der Waals surface area (Å²) in [5.74, 6) is 7.99. The zero-order chi connectivity index (χ0) is 9.61.